The van der Waals surface area contributed by atoms with E-state index in [2.05, 4.69) is 13.8 Å². The maximum absolute atomic E-state index is 11.5. The zero-order chi connectivity index (χ0) is 31.7. The standard InChI is InChI=1S/C38H78O4S/c1-4-6-8-10-12-14-16-18-20-22-24-26-28-30-32-34-36-38(3,42-43(39,40)41)37-35-33-31-29-27-25-23-21-19-17-15-13-11-9-7-5-2/h4-37H2,1-3H3,(H,39,40,41). The van der Waals surface area contributed by atoms with Crippen LogP contribution in [-0.4, -0.2) is 18.6 Å². The van der Waals surface area contributed by atoms with E-state index in [4.69, 9.17) is 4.18 Å². The van der Waals surface area contributed by atoms with Gasteiger partial charge in [0.15, 0.2) is 0 Å². The summed E-state index contributed by atoms with van der Waals surface area (Å²) < 4.78 is 37.6. The molecule has 0 rings (SSSR count). The molecule has 0 aromatic rings. The topological polar surface area (TPSA) is 63.6 Å². The van der Waals surface area contributed by atoms with Crippen LogP contribution in [0.4, 0.5) is 0 Å². The predicted molar refractivity (Wildman–Crippen MR) is 189 cm³/mol. The summed E-state index contributed by atoms with van der Waals surface area (Å²) in [6.45, 7) is 6.43. The maximum Gasteiger partial charge on any atom is 0.397 e. The molecule has 260 valence electrons. The molecular formula is C38H78O4S. The van der Waals surface area contributed by atoms with Crippen LogP contribution < -0.4 is 0 Å². The SMILES string of the molecule is CCCCCCCCCCCCCCCCCCC(C)(CCCCCCCCCCCCCCCCCC)OS(=O)(=O)O. The minimum Gasteiger partial charge on any atom is -0.264 e. The van der Waals surface area contributed by atoms with E-state index in [0.29, 0.717) is 12.8 Å². The predicted octanol–water partition coefficient (Wildman–Crippen LogP) is 13.9. The Kier molecular flexibility index (Phi) is 31.7. The molecule has 0 atom stereocenters. The Morgan fingerprint density at radius 3 is 0.767 bits per heavy atom. The molecule has 0 bridgehead atoms. The van der Waals surface area contributed by atoms with Crippen molar-refractivity contribution in [3.63, 3.8) is 0 Å². The summed E-state index contributed by atoms with van der Waals surface area (Å²) in [7, 11) is -4.43. The van der Waals surface area contributed by atoms with E-state index in [1.54, 1.807) is 0 Å². The van der Waals surface area contributed by atoms with Crippen molar-refractivity contribution in [2.45, 2.75) is 245 Å². The zero-order valence-electron chi connectivity index (χ0n) is 29.6. The van der Waals surface area contributed by atoms with Crippen LogP contribution in [0.5, 0.6) is 0 Å². The van der Waals surface area contributed by atoms with Crippen molar-refractivity contribution in [2.75, 3.05) is 0 Å². The molecule has 5 heteroatoms. The second-order valence-electron chi connectivity index (χ2n) is 14.1. The molecule has 0 saturated heterocycles. The molecule has 0 saturated carbocycles. The second kappa shape index (κ2) is 31.8. The van der Waals surface area contributed by atoms with Crippen LogP contribution in [-0.2, 0) is 14.6 Å². The van der Waals surface area contributed by atoms with Gasteiger partial charge in [0.2, 0.25) is 0 Å². The fourth-order valence-corrected chi connectivity index (χ4v) is 7.23. The molecule has 0 spiro atoms. The highest BCUT2D eigenvalue weighted by Crippen LogP contribution is 2.28. The summed E-state index contributed by atoms with van der Waals surface area (Å²) in [4.78, 5) is 0. The van der Waals surface area contributed by atoms with Crippen molar-refractivity contribution in [1.29, 1.82) is 0 Å². The first-order valence-corrected chi connectivity index (χ1v) is 20.9. The lowest BCUT2D eigenvalue weighted by Gasteiger charge is -2.28. The summed E-state index contributed by atoms with van der Waals surface area (Å²) in [5.41, 5.74) is -0.778. The second-order valence-corrected chi connectivity index (χ2v) is 15.1. The minimum absolute atomic E-state index is 0.698. The summed E-state index contributed by atoms with van der Waals surface area (Å²) in [6, 6.07) is 0. The molecule has 0 amide bonds. The van der Waals surface area contributed by atoms with E-state index in [9.17, 15) is 13.0 Å². The van der Waals surface area contributed by atoms with Crippen LogP contribution in [0.25, 0.3) is 0 Å². The maximum atomic E-state index is 11.5. The van der Waals surface area contributed by atoms with Crippen molar-refractivity contribution in [1.82, 2.24) is 0 Å². The molecule has 0 radical (unpaired) electrons. The molecule has 0 aromatic heterocycles. The monoisotopic (exact) mass is 631 g/mol. The Bertz CT molecular complexity index is 612. The normalized spacial score (nSPS) is 12.4. The van der Waals surface area contributed by atoms with E-state index in [1.165, 1.54) is 180 Å². The molecule has 4 nitrogen and oxygen atoms in total. The summed E-state index contributed by atoms with van der Waals surface area (Å²) in [5, 5.41) is 0. The van der Waals surface area contributed by atoms with E-state index in [1.807, 2.05) is 6.92 Å². The fraction of sp³-hybridized carbons (Fsp3) is 1.00. The Morgan fingerprint density at radius 2 is 0.581 bits per heavy atom. The van der Waals surface area contributed by atoms with Gasteiger partial charge >= 0.3 is 10.4 Å². The molecule has 0 aromatic carbocycles. The van der Waals surface area contributed by atoms with Crippen molar-refractivity contribution >= 4 is 10.4 Å². The van der Waals surface area contributed by atoms with Crippen molar-refractivity contribution in [3.05, 3.63) is 0 Å². The lowest BCUT2D eigenvalue weighted by Crippen LogP contribution is -2.31. The van der Waals surface area contributed by atoms with E-state index in [-0.39, 0.29) is 0 Å². The van der Waals surface area contributed by atoms with Gasteiger partial charge in [0.05, 0.1) is 5.60 Å². The average molecular weight is 631 g/mol. The summed E-state index contributed by atoms with van der Waals surface area (Å²) >= 11 is 0. The number of hydrogen-bond donors (Lipinski definition) is 1. The number of unbranched alkanes of at least 4 members (excludes halogenated alkanes) is 30. The van der Waals surface area contributed by atoms with Crippen molar-refractivity contribution < 1.29 is 17.2 Å². The molecule has 0 unspecified atom stereocenters. The van der Waals surface area contributed by atoms with Gasteiger partial charge in [0.1, 0.15) is 0 Å². The Labute approximate surface area is 271 Å². The van der Waals surface area contributed by atoms with E-state index >= 15 is 0 Å². The van der Waals surface area contributed by atoms with E-state index in [0.717, 1.165) is 25.7 Å². The smallest absolute Gasteiger partial charge is 0.264 e. The van der Waals surface area contributed by atoms with Crippen LogP contribution in [0.1, 0.15) is 239 Å². The Balaban J connectivity index is 3.72. The number of hydrogen-bond acceptors (Lipinski definition) is 3. The highest BCUT2D eigenvalue weighted by Gasteiger charge is 2.29. The van der Waals surface area contributed by atoms with Gasteiger partial charge in [-0.1, -0.05) is 219 Å². The highest BCUT2D eigenvalue weighted by atomic mass is 32.3. The van der Waals surface area contributed by atoms with Gasteiger partial charge in [-0.15, -0.1) is 0 Å². The lowest BCUT2D eigenvalue weighted by molar-refractivity contribution is 0.0575. The molecule has 1 N–H and O–H groups in total. The molecule has 0 aliphatic carbocycles. The van der Waals surface area contributed by atoms with Crippen LogP contribution in [0.3, 0.4) is 0 Å². The van der Waals surface area contributed by atoms with Crippen LogP contribution in [0.15, 0.2) is 0 Å². The summed E-state index contributed by atoms with van der Waals surface area (Å²) in [5.74, 6) is 0. The van der Waals surface area contributed by atoms with Gasteiger partial charge in [-0.05, 0) is 19.8 Å². The third-order valence-electron chi connectivity index (χ3n) is 9.42. The van der Waals surface area contributed by atoms with Crippen LogP contribution in [0, 0.1) is 0 Å². The quantitative estimate of drug-likeness (QED) is 0.0552. The van der Waals surface area contributed by atoms with Gasteiger partial charge in [-0.25, -0.2) is 4.18 Å². The van der Waals surface area contributed by atoms with Crippen LogP contribution >= 0.6 is 0 Å². The van der Waals surface area contributed by atoms with Gasteiger partial charge in [-0.3, -0.25) is 4.55 Å². The molecule has 0 fully saturated rings. The Hall–Kier alpha value is -0.130. The highest BCUT2D eigenvalue weighted by molar-refractivity contribution is 7.80. The van der Waals surface area contributed by atoms with Crippen molar-refractivity contribution in [3.8, 4) is 0 Å². The number of rotatable bonds is 36. The first-order chi connectivity index (χ1) is 20.8. The largest absolute Gasteiger partial charge is 0.397 e. The van der Waals surface area contributed by atoms with Gasteiger partial charge in [-0.2, -0.15) is 8.42 Å². The first-order valence-electron chi connectivity index (χ1n) is 19.5. The summed E-state index contributed by atoms with van der Waals surface area (Å²) in [6.07, 6.45) is 43.8. The van der Waals surface area contributed by atoms with Crippen LogP contribution in [0.2, 0.25) is 0 Å². The third-order valence-corrected chi connectivity index (χ3v) is 10.0. The van der Waals surface area contributed by atoms with Crippen molar-refractivity contribution in [2.24, 2.45) is 0 Å². The molecule has 0 heterocycles. The van der Waals surface area contributed by atoms with Gasteiger partial charge in [0.25, 0.3) is 0 Å². The van der Waals surface area contributed by atoms with E-state index < -0.39 is 16.0 Å². The van der Waals surface area contributed by atoms with Gasteiger partial charge in [0, 0.05) is 0 Å². The first kappa shape index (κ1) is 42.9. The molecule has 43 heavy (non-hydrogen) atoms. The third kappa shape index (κ3) is 34.6. The lowest BCUT2D eigenvalue weighted by atomic mass is 9.91. The molecule has 0 aliphatic heterocycles. The molecular weight excluding hydrogens is 552 g/mol. The fourth-order valence-electron chi connectivity index (χ4n) is 6.56. The Morgan fingerprint density at radius 1 is 0.395 bits per heavy atom. The average Bonchev–Trinajstić information content (AvgIpc) is 2.96. The minimum atomic E-state index is -4.43. The molecule has 0 aliphatic rings. The van der Waals surface area contributed by atoms with Gasteiger partial charge < -0.3 is 0 Å². The zero-order valence-corrected chi connectivity index (χ0v) is 30.4.